The Morgan fingerprint density at radius 1 is 1.29 bits per heavy atom. The van der Waals surface area contributed by atoms with E-state index in [2.05, 4.69) is 44.8 Å². The lowest BCUT2D eigenvalue weighted by molar-refractivity contribution is -0.0148. The minimum atomic E-state index is -0.224. The smallest absolute Gasteiger partial charge is 0.0670 e. The molecule has 0 aromatic carbocycles. The van der Waals surface area contributed by atoms with E-state index in [4.69, 9.17) is 0 Å². The third-order valence-corrected chi connectivity index (χ3v) is 5.41. The molecule has 4 nitrogen and oxygen atoms in total. The van der Waals surface area contributed by atoms with Gasteiger partial charge in [-0.2, -0.15) is 0 Å². The SMILES string of the molecule is CC(C)NCC1(CO)CC1C1CC(O)CN(C(C)(C)C)C1. The summed E-state index contributed by atoms with van der Waals surface area (Å²) in [5, 5.41) is 23.6. The molecule has 4 unspecified atom stereocenters. The Morgan fingerprint density at radius 3 is 2.48 bits per heavy atom. The van der Waals surface area contributed by atoms with E-state index >= 15 is 0 Å². The van der Waals surface area contributed by atoms with Crippen LogP contribution in [0.1, 0.15) is 47.5 Å². The number of aliphatic hydroxyl groups is 2. The van der Waals surface area contributed by atoms with Gasteiger partial charge in [0.2, 0.25) is 0 Å². The van der Waals surface area contributed by atoms with E-state index in [0.717, 1.165) is 32.5 Å². The summed E-state index contributed by atoms with van der Waals surface area (Å²) in [4.78, 5) is 2.40. The zero-order chi connectivity index (χ0) is 15.8. The predicted molar refractivity (Wildman–Crippen MR) is 86.2 cm³/mol. The fourth-order valence-corrected chi connectivity index (χ4v) is 3.84. The van der Waals surface area contributed by atoms with Crippen molar-refractivity contribution in [2.45, 2.75) is 65.1 Å². The van der Waals surface area contributed by atoms with E-state index in [0.29, 0.717) is 17.9 Å². The first kappa shape index (κ1) is 17.2. The molecule has 0 spiro atoms. The van der Waals surface area contributed by atoms with Gasteiger partial charge in [0.1, 0.15) is 0 Å². The monoisotopic (exact) mass is 298 g/mol. The summed E-state index contributed by atoms with van der Waals surface area (Å²) in [5.41, 5.74) is 0.155. The molecule has 0 bridgehead atoms. The Bertz CT molecular complexity index is 353. The largest absolute Gasteiger partial charge is 0.396 e. The maximum Gasteiger partial charge on any atom is 0.0670 e. The van der Waals surface area contributed by atoms with Crippen LogP contribution in [0, 0.1) is 17.3 Å². The summed E-state index contributed by atoms with van der Waals surface area (Å²) in [6.07, 6.45) is 1.76. The predicted octanol–water partition coefficient (Wildman–Crippen LogP) is 1.46. The van der Waals surface area contributed by atoms with Crippen LogP contribution in [0.4, 0.5) is 0 Å². The Kier molecular flexibility index (Phi) is 5.04. The lowest BCUT2D eigenvalue weighted by Gasteiger charge is -2.44. The molecule has 1 saturated carbocycles. The van der Waals surface area contributed by atoms with Crippen LogP contribution >= 0.6 is 0 Å². The molecule has 0 radical (unpaired) electrons. The third kappa shape index (κ3) is 3.98. The van der Waals surface area contributed by atoms with Gasteiger partial charge >= 0.3 is 0 Å². The van der Waals surface area contributed by atoms with E-state index in [1.54, 1.807) is 0 Å². The van der Waals surface area contributed by atoms with E-state index in [9.17, 15) is 10.2 Å². The molecule has 2 aliphatic rings. The molecule has 3 N–H and O–H groups in total. The van der Waals surface area contributed by atoms with Crippen LogP contribution in [0.25, 0.3) is 0 Å². The van der Waals surface area contributed by atoms with Crippen LogP contribution in [0.15, 0.2) is 0 Å². The lowest BCUT2D eigenvalue weighted by Crippen LogP contribution is -2.52. The Labute approximate surface area is 129 Å². The van der Waals surface area contributed by atoms with Crippen LogP contribution in [0.2, 0.25) is 0 Å². The number of piperidine rings is 1. The van der Waals surface area contributed by atoms with Gasteiger partial charge in [0.15, 0.2) is 0 Å². The molecule has 4 atom stereocenters. The number of aliphatic hydroxyl groups excluding tert-OH is 2. The molecule has 1 aliphatic carbocycles. The molecule has 2 fully saturated rings. The zero-order valence-electron chi connectivity index (χ0n) is 14.4. The Hall–Kier alpha value is -0.160. The van der Waals surface area contributed by atoms with Gasteiger partial charge in [-0.1, -0.05) is 13.8 Å². The van der Waals surface area contributed by atoms with Crippen molar-refractivity contribution in [1.82, 2.24) is 10.2 Å². The van der Waals surface area contributed by atoms with Gasteiger partial charge in [-0.25, -0.2) is 0 Å². The van der Waals surface area contributed by atoms with E-state index in [1.807, 2.05) is 0 Å². The summed E-state index contributed by atoms with van der Waals surface area (Å²) >= 11 is 0. The average molecular weight is 298 g/mol. The second-order valence-electron chi connectivity index (χ2n) is 8.59. The van der Waals surface area contributed by atoms with Gasteiger partial charge in [0.25, 0.3) is 0 Å². The normalized spacial score (nSPS) is 38.0. The van der Waals surface area contributed by atoms with Crippen LogP contribution in [0.5, 0.6) is 0 Å². The highest BCUT2D eigenvalue weighted by Crippen LogP contribution is 2.57. The summed E-state index contributed by atoms with van der Waals surface area (Å²) in [5.74, 6) is 1.06. The van der Waals surface area contributed by atoms with Gasteiger partial charge < -0.3 is 15.5 Å². The van der Waals surface area contributed by atoms with Gasteiger partial charge in [-0.15, -0.1) is 0 Å². The molecule has 4 heteroatoms. The van der Waals surface area contributed by atoms with Crippen LogP contribution in [-0.4, -0.2) is 59.0 Å². The molecule has 124 valence electrons. The number of β-amino-alcohol motifs (C(OH)–C–C–N with tert-alkyl or cyclic N) is 1. The number of hydrogen-bond acceptors (Lipinski definition) is 4. The minimum absolute atomic E-state index is 0.0511. The molecule has 2 rings (SSSR count). The number of nitrogens with zero attached hydrogens (tertiary/aromatic N) is 1. The van der Waals surface area contributed by atoms with Crippen molar-refractivity contribution in [2.75, 3.05) is 26.2 Å². The number of likely N-dealkylation sites (tertiary alicyclic amines) is 1. The van der Waals surface area contributed by atoms with Crippen molar-refractivity contribution in [3.8, 4) is 0 Å². The van der Waals surface area contributed by atoms with Crippen LogP contribution in [0.3, 0.4) is 0 Å². The van der Waals surface area contributed by atoms with Crippen molar-refractivity contribution in [1.29, 1.82) is 0 Å². The molecule has 1 saturated heterocycles. The van der Waals surface area contributed by atoms with Gasteiger partial charge in [0, 0.05) is 36.6 Å². The van der Waals surface area contributed by atoms with E-state index in [-0.39, 0.29) is 23.7 Å². The molecule has 0 aromatic heterocycles. The van der Waals surface area contributed by atoms with Crippen LogP contribution < -0.4 is 5.32 Å². The summed E-state index contributed by atoms with van der Waals surface area (Å²) in [6, 6.07) is 0.456. The maximum atomic E-state index is 10.2. The molecule has 21 heavy (non-hydrogen) atoms. The minimum Gasteiger partial charge on any atom is -0.396 e. The van der Waals surface area contributed by atoms with Crippen LogP contribution in [-0.2, 0) is 0 Å². The van der Waals surface area contributed by atoms with Gasteiger partial charge in [-0.05, 0) is 45.4 Å². The fourth-order valence-electron chi connectivity index (χ4n) is 3.84. The Balaban J connectivity index is 1.98. The molecule has 1 aliphatic heterocycles. The summed E-state index contributed by atoms with van der Waals surface area (Å²) in [6.45, 7) is 13.9. The van der Waals surface area contributed by atoms with Crippen molar-refractivity contribution in [3.63, 3.8) is 0 Å². The maximum absolute atomic E-state index is 10.2. The number of nitrogens with one attached hydrogen (secondary N) is 1. The molecule has 0 aromatic rings. The molecule has 1 heterocycles. The van der Waals surface area contributed by atoms with E-state index < -0.39 is 0 Å². The van der Waals surface area contributed by atoms with Crippen molar-refractivity contribution < 1.29 is 10.2 Å². The topological polar surface area (TPSA) is 55.7 Å². The van der Waals surface area contributed by atoms with Crippen molar-refractivity contribution in [2.24, 2.45) is 17.3 Å². The van der Waals surface area contributed by atoms with Crippen molar-refractivity contribution in [3.05, 3.63) is 0 Å². The first-order valence-corrected chi connectivity index (χ1v) is 8.45. The highest BCUT2D eigenvalue weighted by molar-refractivity contribution is 5.08. The molecular formula is C17H34N2O2. The number of rotatable bonds is 5. The highest BCUT2D eigenvalue weighted by atomic mass is 16.3. The third-order valence-electron chi connectivity index (χ3n) is 5.41. The molecule has 0 amide bonds. The van der Waals surface area contributed by atoms with Crippen molar-refractivity contribution >= 4 is 0 Å². The standard InChI is InChI=1S/C17H34N2O2/c1-12(2)18-10-17(11-20)7-15(17)13-6-14(21)9-19(8-13)16(3,4)5/h12-15,18,20-21H,6-11H2,1-5H3. The second-order valence-corrected chi connectivity index (χ2v) is 8.59. The first-order chi connectivity index (χ1) is 9.68. The molecular weight excluding hydrogens is 264 g/mol. The number of hydrogen-bond donors (Lipinski definition) is 3. The first-order valence-electron chi connectivity index (χ1n) is 8.45. The second kappa shape index (κ2) is 6.15. The van der Waals surface area contributed by atoms with Gasteiger partial charge in [0.05, 0.1) is 12.7 Å². The lowest BCUT2D eigenvalue weighted by atomic mass is 9.85. The Morgan fingerprint density at radius 2 is 1.95 bits per heavy atom. The van der Waals surface area contributed by atoms with Gasteiger partial charge in [-0.3, -0.25) is 4.90 Å². The summed E-state index contributed by atoms with van der Waals surface area (Å²) in [7, 11) is 0. The van der Waals surface area contributed by atoms with E-state index in [1.165, 1.54) is 0 Å². The fraction of sp³-hybridized carbons (Fsp3) is 1.00. The highest BCUT2D eigenvalue weighted by Gasteiger charge is 2.57. The summed E-state index contributed by atoms with van der Waals surface area (Å²) < 4.78 is 0. The quantitative estimate of drug-likeness (QED) is 0.719. The average Bonchev–Trinajstić information content (AvgIpc) is 3.10. The zero-order valence-corrected chi connectivity index (χ0v) is 14.4.